The van der Waals surface area contributed by atoms with Gasteiger partial charge in [0.1, 0.15) is 18.3 Å². The lowest BCUT2D eigenvalue weighted by Crippen LogP contribution is -2.60. The number of carboxylic acids is 1. The smallest absolute Gasteiger partial charge is 0.335 e. The van der Waals surface area contributed by atoms with Crippen LogP contribution in [0.1, 0.15) is 34.3 Å². The van der Waals surface area contributed by atoms with Gasteiger partial charge in [0, 0.05) is 11.1 Å². The number of aliphatic carboxylic acids is 1. The van der Waals surface area contributed by atoms with Gasteiger partial charge in [-0.15, -0.1) is 0 Å². The molecular weight excluding hydrogens is 408 g/mol. The van der Waals surface area contributed by atoms with Gasteiger partial charge in [0.25, 0.3) is 0 Å². The normalized spacial score (nSPS) is 26.6. The SMILES string of the molecule is C[C@H](C(=O)O[C@@H]1O[C@H](C(=O)O)[C@@H](O)[C@H](O)[C@H]1O)c1cccc(C(=O)c2ccccc2)c1. The Morgan fingerprint density at radius 2 is 1.55 bits per heavy atom. The third kappa shape index (κ3) is 4.80. The lowest BCUT2D eigenvalue weighted by atomic mass is 9.95. The van der Waals surface area contributed by atoms with E-state index in [4.69, 9.17) is 14.6 Å². The van der Waals surface area contributed by atoms with Crippen molar-refractivity contribution in [3.05, 3.63) is 71.3 Å². The fraction of sp³-hybridized carbons (Fsp3) is 0.318. The highest BCUT2D eigenvalue weighted by Gasteiger charge is 2.48. The Bertz CT molecular complexity index is 958. The highest BCUT2D eigenvalue weighted by molar-refractivity contribution is 6.09. The van der Waals surface area contributed by atoms with Crippen molar-refractivity contribution in [1.82, 2.24) is 0 Å². The van der Waals surface area contributed by atoms with E-state index in [0.717, 1.165) is 0 Å². The molecule has 1 heterocycles. The lowest BCUT2D eigenvalue weighted by Gasteiger charge is -2.38. The molecule has 1 fully saturated rings. The number of ether oxygens (including phenoxy) is 2. The Morgan fingerprint density at radius 1 is 0.903 bits per heavy atom. The fourth-order valence-electron chi connectivity index (χ4n) is 3.21. The van der Waals surface area contributed by atoms with Crippen molar-refractivity contribution in [2.75, 3.05) is 0 Å². The summed E-state index contributed by atoms with van der Waals surface area (Å²) in [4.78, 5) is 36.4. The number of hydrogen-bond donors (Lipinski definition) is 4. The van der Waals surface area contributed by atoms with Gasteiger partial charge in [0.2, 0.25) is 6.29 Å². The number of hydrogen-bond acceptors (Lipinski definition) is 8. The molecule has 9 nitrogen and oxygen atoms in total. The minimum Gasteiger partial charge on any atom is -0.479 e. The van der Waals surface area contributed by atoms with Crippen LogP contribution in [0.4, 0.5) is 0 Å². The van der Waals surface area contributed by atoms with Crippen LogP contribution in [0.3, 0.4) is 0 Å². The monoisotopic (exact) mass is 430 g/mol. The van der Waals surface area contributed by atoms with Crippen molar-refractivity contribution in [2.45, 2.75) is 43.5 Å². The zero-order valence-corrected chi connectivity index (χ0v) is 16.5. The van der Waals surface area contributed by atoms with Crippen LogP contribution in [0.15, 0.2) is 54.6 Å². The Balaban J connectivity index is 1.74. The van der Waals surface area contributed by atoms with Crippen molar-refractivity contribution in [2.24, 2.45) is 0 Å². The van der Waals surface area contributed by atoms with Gasteiger partial charge in [-0.05, 0) is 18.6 Å². The number of carboxylic acid groups (broad SMARTS) is 1. The lowest BCUT2D eigenvalue weighted by molar-refractivity contribution is -0.286. The molecule has 0 aromatic heterocycles. The summed E-state index contributed by atoms with van der Waals surface area (Å²) in [6, 6.07) is 15.0. The van der Waals surface area contributed by atoms with Gasteiger partial charge in [-0.25, -0.2) is 4.79 Å². The first-order chi connectivity index (χ1) is 14.7. The second kappa shape index (κ2) is 9.36. The Kier molecular flexibility index (Phi) is 6.81. The largest absolute Gasteiger partial charge is 0.479 e. The molecule has 1 saturated heterocycles. The highest BCUT2D eigenvalue weighted by Crippen LogP contribution is 2.26. The van der Waals surface area contributed by atoms with Gasteiger partial charge < -0.3 is 29.9 Å². The molecule has 0 aliphatic carbocycles. The van der Waals surface area contributed by atoms with Crippen LogP contribution in [0, 0.1) is 0 Å². The number of carbonyl (C=O) groups is 3. The van der Waals surface area contributed by atoms with E-state index < -0.39 is 48.6 Å². The molecule has 6 atom stereocenters. The van der Waals surface area contributed by atoms with Gasteiger partial charge >= 0.3 is 11.9 Å². The quantitative estimate of drug-likeness (QED) is 0.378. The first kappa shape index (κ1) is 22.6. The van der Waals surface area contributed by atoms with E-state index in [1.165, 1.54) is 13.0 Å². The number of aliphatic hydroxyl groups excluding tert-OH is 3. The van der Waals surface area contributed by atoms with E-state index >= 15 is 0 Å². The minimum atomic E-state index is -1.89. The van der Waals surface area contributed by atoms with Crippen LogP contribution in [0.2, 0.25) is 0 Å². The average Bonchev–Trinajstić information content (AvgIpc) is 2.78. The van der Waals surface area contributed by atoms with Crippen LogP contribution < -0.4 is 0 Å². The summed E-state index contributed by atoms with van der Waals surface area (Å²) in [6.45, 7) is 1.50. The minimum absolute atomic E-state index is 0.226. The standard InChI is InChI=1S/C22H22O9/c1-11(13-8-5-9-14(10-13)15(23)12-6-3-2-4-7-12)21(29)31-22-18(26)16(24)17(25)19(30-22)20(27)28/h2-11,16-19,22,24-26H,1H3,(H,27,28)/t11-,16-,17-,18+,19-,22-/m0/s1. The third-order valence-electron chi connectivity index (χ3n) is 5.08. The van der Waals surface area contributed by atoms with E-state index in [1.54, 1.807) is 48.5 Å². The summed E-state index contributed by atoms with van der Waals surface area (Å²) in [6.07, 6.45) is -9.27. The summed E-state index contributed by atoms with van der Waals surface area (Å²) in [5.74, 6) is -3.58. The molecule has 4 N–H and O–H groups in total. The molecule has 2 aromatic carbocycles. The molecule has 3 rings (SSSR count). The topological polar surface area (TPSA) is 151 Å². The number of ketones is 1. The molecular formula is C22H22O9. The average molecular weight is 430 g/mol. The summed E-state index contributed by atoms with van der Waals surface area (Å²) in [5.41, 5.74) is 1.30. The first-order valence-electron chi connectivity index (χ1n) is 9.53. The second-order valence-electron chi connectivity index (χ2n) is 7.21. The molecule has 1 aliphatic heterocycles. The number of carbonyl (C=O) groups excluding carboxylic acids is 2. The van der Waals surface area contributed by atoms with E-state index in [-0.39, 0.29) is 5.78 Å². The van der Waals surface area contributed by atoms with Gasteiger partial charge in [-0.3, -0.25) is 9.59 Å². The van der Waals surface area contributed by atoms with E-state index in [0.29, 0.717) is 16.7 Å². The molecule has 1 aliphatic rings. The molecule has 0 amide bonds. The fourth-order valence-corrected chi connectivity index (χ4v) is 3.21. The van der Waals surface area contributed by atoms with Crippen LogP contribution in [-0.2, 0) is 19.1 Å². The molecule has 0 unspecified atom stereocenters. The van der Waals surface area contributed by atoms with Crippen molar-refractivity contribution >= 4 is 17.7 Å². The number of aliphatic hydroxyl groups is 3. The molecule has 0 bridgehead atoms. The molecule has 2 aromatic rings. The molecule has 31 heavy (non-hydrogen) atoms. The highest BCUT2D eigenvalue weighted by atomic mass is 16.7. The summed E-state index contributed by atoms with van der Waals surface area (Å²) in [7, 11) is 0. The maximum Gasteiger partial charge on any atom is 0.335 e. The number of benzene rings is 2. The maximum absolute atomic E-state index is 12.6. The van der Waals surface area contributed by atoms with Gasteiger partial charge in [0.15, 0.2) is 11.9 Å². The van der Waals surface area contributed by atoms with Gasteiger partial charge in [-0.2, -0.15) is 0 Å². The van der Waals surface area contributed by atoms with Crippen LogP contribution in [0.5, 0.6) is 0 Å². The van der Waals surface area contributed by atoms with Gasteiger partial charge in [0.05, 0.1) is 5.92 Å². The van der Waals surface area contributed by atoms with E-state index in [1.807, 2.05) is 0 Å². The van der Waals surface area contributed by atoms with Crippen LogP contribution >= 0.6 is 0 Å². The van der Waals surface area contributed by atoms with Crippen molar-refractivity contribution < 1.29 is 44.3 Å². The van der Waals surface area contributed by atoms with E-state index in [2.05, 4.69) is 0 Å². The Hall–Kier alpha value is -3.11. The molecule has 9 heteroatoms. The van der Waals surface area contributed by atoms with Crippen LogP contribution in [0.25, 0.3) is 0 Å². The number of rotatable bonds is 6. The predicted molar refractivity (Wildman–Crippen MR) is 105 cm³/mol. The summed E-state index contributed by atoms with van der Waals surface area (Å²) >= 11 is 0. The van der Waals surface area contributed by atoms with Crippen LogP contribution in [-0.4, -0.2) is 68.9 Å². The zero-order valence-electron chi connectivity index (χ0n) is 16.5. The maximum atomic E-state index is 12.6. The first-order valence-corrected chi connectivity index (χ1v) is 9.53. The molecule has 0 saturated carbocycles. The molecule has 164 valence electrons. The molecule has 0 radical (unpaired) electrons. The number of esters is 1. The summed E-state index contributed by atoms with van der Waals surface area (Å²) < 4.78 is 10.0. The predicted octanol–water partition coefficient (Wildman–Crippen LogP) is 0.457. The summed E-state index contributed by atoms with van der Waals surface area (Å²) in [5, 5.41) is 38.6. The third-order valence-corrected chi connectivity index (χ3v) is 5.08. The zero-order chi connectivity index (χ0) is 22.7. The Morgan fingerprint density at radius 3 is 2.19 bits per heavy atom. The van der Waals surface area contributed by atoms with E-state index in [9.17, 15) is 29.7 Å². The van der Waals surface area contributed by atoms with Crippen molar-refractivity contribution in [3.8, 4) is 0 Å². The Labute approximate surface area is 177 Å². The second-order valence-corrected chi connectivity index (χ2v) is 7.21. The van der Waals surface area contributed by atoms with Crippen molar-refractivity contribution in [1.29, 1.82) is 0 Å². The van der Waals surface area contributed by atoms with Gasteiger partial charge in [-0.1, -0.05) is 48.5 Å². The molecule has 0 spiro atoms. The van der Waals surface area contributed by atoms with Crippen molar-refractivity contribution in [3.63, 3.8) is 0 Å².